The van der Waals surface area contributed by atoms with Crippen LogP contribution in [-0.2, 0) is 14.8 Å². The zero-order chi connectivity index (χ0) is 10.8. The van der Waals surface area contributed by atoms with Gasteiger partial charge in [0.2, 0.25) is 9.05 Å². The summed E-state index contributed by atoms with van der Waals surface area (Å²) < 4.78 is 39.5. The Hall–Kier alpha value is -0.810. The Balaban J connectivity index is 3.10. The maximum absolute atomic E-state index is 13.4. The third kappa shape index (κ3) is 2.85. The van der Waals surface area contributed by atoms with Crippen LogP contribution in [0.4, 0.5) is 4.39 Å². The van der Waals surface area contributed by atoms with E-state index >= 15 is 0 Å². The quantitative estimate of drug-likeness (QED) is 0.756. The first kappa shape index (κ1) is 11.3. The van der Waals surface area contributed by atoms with Crippen LogP contribution in [0.25, 0.3) is 0 Å². The molecule has 0 spiro atoms. The van der Waals surface area contributed by atoms with E-state index in [-0.39, 0.29) is 11.3 Å². The highest BCUT2D eigenvalue weighted by molar-refractivity contribution is 8.13. The highest BCUT2D eigenvalue weighted by Gasteiger charge is 2.14. The maximum Gasteiger partial charge on any atom is 0.236 e. The molecule has 0 aliphatic rings. The summed E-state index contributed by atoms with van der Waals surface area (Å²) in [5, 5.41) is 0. The van der Waals surface area contributed by atoms with Gasteiger partial charge < -0.3 is 4.74 Å². The second-order valence-corrected chi connectivity index (χ2v) is 5.39. The molecule has 0 saturated heterocycles. The zero-order valence-corrected chi connectivity index (χ0v) is 8.90. The Morgan fingerprint density at radius 2 is 2.14 bits per heavy atom. The Bertz CT molecular complexity index is 430. The normalized spacial score (nSPS) is 11.4. The lowest BCUT2D eigenvalue weighted by Crippen LogP contribution is -2.00. The van der Waals surface area contributed by atoms with Crippen LogP contribution in [0.1, 0.15) is 5.56 Å². The van der Waals surface area contributed by atoms with Crippen molar-refractivity contribution in [3.8, 4) is 5.75 Å². The van der Waals surface area contributed by atoms with Gasteiger partial charge in [-0.1, -0.05) is 12.1 Å². The molecule has 1 aromatic rings. The number of hydrogen-bond donors (Lipinski definition) is 0. The molecule has 0 aliphatic carbocycles. The number of hydrogen-bond acceptors (Lipinski definition) is 3. The number of ether oxygens (including phenoxy) is 1. The highest BCUT2D eigenvalue weighted by atomic mass is 35.7. The molecule has 0 N–H and O–H groups in total. The maximum atomic E-state index is 13.4. The largest absolute Gasteiger partial charge is 0.494 e. The molecular weight excluding hydrogens is 231 g/mol. The Kier molecular flexibility index (Phi) is 3.34. The summed E-state index contributed by atoms with van der Waals surface area (Å²) in [7, 11) is 2.55. The second-order valence-electron chi connectivity index (χ2n) is 2.62. The van der Waals surface area contributed by atoms with Crippen LogP contribution in [0.5, 0.6) is 5.75 Å². The molecule has 3 nitrogen and oxygen atoms in total. The Morgan fingerprint density at radius 3 is 2.64 bits per heavy atom. The van der Waals surface area contributed by atoms with Gasteiger partial charge in [0.25, 0.3) is 0 Å². The van der Waals surface area contributed by atoms with Gasteiger partial charge in [-0.05, 0) is 6.07 Å². The summed E-state index contributed by atoms with van der Waals surface area (Å²) in [5.41, 5.74) is -0.000602. The first-order valence-electron chi connectivity index (χ1n) is 3.68. The molecule has 0 bridgehead atoms. The lowest BCUT2D eigenvalue weighted by molar-refractivity contribution is 0.385. The number of halogens is 2. The van der Waals surface area contributed by atoms with Crippen molar-refractivity contribution in [3.63, 3.8) is 0 Å². The van der Waals surface area contributed by atoms with Gasteiger partial charge in [-0.2, -0.15) is 0 Å². The van der Waals surface area contributed by atoms with Gasteiger partial charge in [0.1, 0.15) is 0 Å². The van der Waals surface area contributed by atoms with E-state index in [0.717, 1.165) is 0 Å². The summed E-state index contributed by atoms with van der Waals surface area (Å²) in [4.78, 5) is 0. The van der Waals surface area contributed by atoms with Crippen LogP contribution in [0.15, 0.2) is 18.2 Å². The molecule has 1 aromatic carbocycles. The fraction of sp³-hybridized carbons (Fsp3) is 0.250. The standard InChI is InChI=1S/C8H8ClFO3S/c1-13-7-4-2-3-6(8(7)10)5-14(9,11)12/h2-4H,5H2,1H3. The fourth-order valence-corrected chi connectivity index (χ4v) is 1.96. The van der Waals surface area contributed by atoms with Crippen molar-refractivity contribution >= 4 is 19.7 Å². The van der Waals surface area contributed by atoms with Gasteiger partial charge in [-0.15, -0.1) is 0 Å². The van der Waals surface area contributed by atoms with E-state index in [1.807, 2.05) is 0 Å². The monoisotopic (exact) mass is 238 g/mol. The predicted octanol–water partition coefficient (Wildman–Crippen LogP) is 1.90. The minimum absolute atomic E-state index is 0.000602. The molecule has 0 fully saturated rings. The first-order chi connectivity index (χ1) is 6.44. The minimum atomic E-state index is -3.75. The summed E-state index contributed by atoms with van der Waals surface area (Å²) in [6.45, 7) is 0. The van der Waals surface area contributed by atoms with Gasteiger partial charge >= 0.3 is 0 Å². The summed E-state index contributed by atoms with van der Waals surface area (Å²) >= 11 is 0. The van der Waals surface area contributed by atoms with Crippen LogP contribution in [0.3, 0.4) is 0 Å². The minimum Gasteiger partial charge on any atom is -0.494 e. The molecule has 6 heteroatoms. The molecule has 14 heavy (non-hydrogen) atoms. The van der Waals surface area contributed by atoms with Crippen molar-refractivity contribution in [1.29, 1.82) is 0 Å². The van der Waals surface area contributed by atoms with E-state index in [4.69, 9.17) is 10.7 Å². The SMILES string of the molecule is COc1cccc(CS(=O)(=O)Cl)c1F. The van der Waals surface area contributed by atoms with Gasteiger partial charge in [-0.25, -0.2) is 12.8 Å². The van der Waals surface area contributed by atoms with Crippen LogP contribution in [0, 0.1) is 5.82 Å². The lowest BCUT2D eigenvalue weighted by atomic mass is 10.2. The average molecular weight is 239 g/mol. The lowest BCUT2D eigenvalue weighted by Gasteiger charge is -2.05. The van der Waals surface area contributed by atoms with Crippen LogP contribution >= 0.6 is 10.7 Å². The molecule has 1 rings (SSSR count). The molecule has 0 heterocycles. The molecular formula is C8H8ClFO3S. The molecule has 0 atom stereocenters. The van der Waals surface area contributed by atoms with Gasteiger partial charge in [0.05, 0.1) is 12.9 Å². The molecule has 0 radical (unpaired) electrons. The van der Waals surface area contributed by atoms with E-state index in [0.29, 0.717) is 0 Å². The van der Waals surface area contributed by atoms with E-state index < -0.39 is 20.6 Å². The molecule has 0 aromatic heterocycles. The van der Waals surface area contributed by atoms with Crippen molar-refractivity contribution in [2.24, 2.45) is 0 Å². The summed E-state index contributed by atoms with van der Waals surface area (Å²) in [6, 6.07) is 4.25. The van der Waals surface area contributed by atoms with Crippen LogP contribution in [-0.4, -0.2) is 15.5 Å². The second kappa shape index (κ2) is 4.14. The van der Waals surface area contributed by atoms with Gasteiger partial charge in [0, 0.05) is 16.2 Å². The molecule has 78 valence electrons. The van der Waals surface area contributed by atoms with Gasteiger partial charge in [0.15, 0.2) is 11.6 Å². The fourth-order valence-electron chi connectivity index (χ4n) is 1.01. The molecule has 0 amide bonds. The first-order valence-corrected chi connectivity index (χ1v) is 6.15. The van der Waals surface area contributed by atoms with E-state index in [1.165, 1.54) is 25.3 Å². The number of rotatable bonds is 3. The zero-order valence-electron chi connectivity index (χ0n) is 7.33. The molecule has 0 saturated carbocycles. The summed E-state index contributed by atoms with van der Waals surface area (Å²) in [5.74, 6) is -1.24. The van der Waals surface area contributed by atoms with Gasteiger partial charge in [-0.3, -0.25) is 0 Å². The van der Waals surface area contributed by atoms with Crippen molar-refractivity contribution in [1.82, 2.24) is 0 Å². The van der Waals surface area contributed by atoms with E-state index in [9.17, 15) is 12.8 Å². The third-order valence-corrected chi connectivity index (χ3v) is 2.57. The van der Waals surface area contributed by atoms with Crippen molar-refractivity contribution in [2.45, 2.75) is 5.75 Å². The van der Waals surface area contributed by atoms with Crippen molar-refractivity contribution in [2.75, 3.05) is 7.11 Å². The Morgan fingerprint density at radius 1 is 1.50 bits per heavy atom. The van der Waals surface area contributed by atoms with Crippen LogP contribution < -0.4 is 4.74 Å². The summed E-state index contributed by atoms with van der Waals surface area (Å²) in [6.07, 6.45) is 0. The topological polar surface area (TPSA) is 43.4 Å². The van der Waals surface area contributed by atoms with Crippen LogP contribution in [0.2, 0.25) is 0 Å². The Labute approximate surface area is 85.9 Å². The van der Waals surface area contributed by atoms with Crippen molar-refractivity contribution < 1.29 is 17.5 Å². The molecule has 0 aliphatic heterocycles. The predicted molar refractivity (Wildman–Crippen MR) is 51.4 cm³/mol. The smallest absolute Gasteiger partial charge is 0.236 e. The third-order valence-electron chi connectivity index (χ3n) is 1.59. The molecule has 0 unspecified atom stereocenters. The number of benzene rings is 1. The number of methoxy groups -OCH3 is 1. The van der Waals surface area contributed by atoms with Crippen molar-refractivity contribution in [3.05, 3.63) is 29.6 Å². The van der Waals surface area contributed by atoms with E-state index in [2.05, 4.69) is 4.74 Å². The average Bonchev–Trinajstić information content (AvgIpc) is 2.06. The van der Waals surface area contributed by atoms with E-state index in [1.54, 1.807) is 0 Å². The highest BCUT2D eigenvalue weighted by Crippen LogP contribution is 2.22.